The van der Waals surface area contributed by atoms with Gasteiger partial charge in [-0.25, -0.2) is 9.59 Å². The zero-order chi connectivity index (χ0) is 87.7. The summed E-state index contributed by atoms with van der Waals surface area (Å²) in [7, 11) is 0. The molecule has 2 atom stereocenters. The summed E-state index contributed by atoms with van der Waals surface area (Å²) in [6.07, 6.45) is 13.4. The molecule has 0 amide bonds. The summed E-state index contributed by atoms with van der Waals surface area (Å²) in [5.74, 6) is -2.00. The van der Waals surface area contributed by atoms with Gasteiger partial charge in [0.05, 0.1) is 59.3 Å². The van der Waals surface area contributed by atoms with Crippen molar-refractivity contribution in [2.24, 2.45) is 0 Å². The predicted octanol–water partition coefficient (Wildman–Crippen LogP) is 6.45. The molecule has 0 aliphatic carbocycles. The Kier molecular flexibility index (Phi) is 97.7. The molecule has 0 aromatic rings. The highest BCUT2D eigenvalue weighted by molar-refractivity contribution is 9.40. The SMILES string of the molecule is CC(Br)C(=O)OCCN(CCO)CCO.CC(Br)C(=O)OCCN1CCCCC1.CCN(CCO)CCOC(=O)CCBr.CCN(CCO)CCOC(=O)CCCBr.O=C(CBr)OCCN(CCO)CCO.O=C(CBr)OCCN1CCCCC1.O=C(OCCN(CCO)CCO)C(Br)(Br)Br.O=C(OCCN1CCCCC1)C(Br)Br. The van der Waals surface area contributed by atoms with E-state index in [1.54, 1.807) is 18.7 Å². The molecule has 3 rings (SSSR count). The number of piperidine rings is 3. The summed E-state index contributed by atoms with van der Waals surface area (Å²) in [5, 5.41) is 71.7. The monoisotopic (exact) mass is 2360 g/mol. The molecule has 0 aromatic heterocycles. The third kappa shape index (κ3) is 86.3. The molecule has 32 nitrogen and oxygen atoms in total. The van der Waals surface area contributed by atoms with E-state index in [9.17, 15) is 38.4 Å². The number of likely N-dealkylation sites (tertiary alicyclic amines) is 3. The number of hydrogen-bond donors (Lipinski definition) is 8. The van der Waals surface area contributed by atoms with Gasteiger partial charge in [0.1, 0.15) is 73.2 Å². The largest absolute Gasteiger partial charge is 0.464 e. The molecule has 3 aliphatic rings. The van der Waals surface area contributed by atoms with Crippen LogP contribution in [0.15, 0.2) is 0 Å². The van der Waals surface area contributed by atoms with Crippen LogP contribution in [-0.2, 0) is 76.3 Å². The number of nitrogens with zero attached hydrogens (tertiary/aromatic N) is 8. The number of carbonyl (C=O) groups is 8. The fraction of sp³-hybridized carbons (Fsp3) is 0.889. The van der Waals surface area contributed by atoms with Crippen molar-refractivity contribution in [3.63, 3.8) is 0 Å². The molecule has 8 N–H and O–H groups in total. The highest BCUT2D eigenvalue weighted by Gasteiger charge is 2.30. The summed E-state index contributed by atoms with van der Waals surface area (Å²) in [4.78, 5) is 104. The van der Waals surface area contributed by atoms with Crippen molar-refractivity contribution in [2.75, 3.05) is 284 Å². The Morgan fingerprint density at radius 3 is 0.878 bits per heavy atom. The van der Waals surface area contributed by atoms with Gasteiger partial charge in [0.25, 0.3) is 0 Å². The Morgan fingerprint density at radius 1 is 0.339 bits per heavy atom. The van der Waals surface area contributed by atoms with Gasteiger partial charge in [-0.3, -0.25) is 68.0 Å². The molecule has 3 heterocycles. The first kappa shape index (κ1) is 124. The second-order valence-corrected chi connectivity index (χ2v) is 40.2. The number of hydrogen-bond acceptors (Lipinski definition) is 32. The van der Waals surface area contributed by atoms with Gasteiger partial charge in [-0.05, 0) is 159 Å². The summed E-state index contributed by atoms with van der Waals surface area (Å²) >= 11 is 34.0. The van der Waals surface area contributed by atoms with Crippen LogP contribution in [0, 0.1) is 0 Å². The lowest BCUT2D eigenvalue weighted by molar-refractivity contribution is -0.144. The normalized spacial score (nSPS) is 14.1. The number of esters is 8. The van der Waals surface area contributed by atoms with Crippen LogP contribution in [-0.4, -0.2) is 427 Å². The Balaban J connectivity index is -0.000000401. The first-order valence-electron chi connectivity index (χ1n) is 38.8. The third-order valence-corrected chi connectivity index (χ3v) is 20.3. The fourth-order valence-corrected chi connectivity index (χ4v) is 11.5. The second-order valence-electron chi connectivity index (χ2n) is 24.9. The van der Waals surface area contributed by atoms with E-state index in [0.29, 0.717) is 142 Å². The Bertz CT molecular complexity index is 2230. The molecule has 43 heteroatoms. The first-order valence-corrected chi connectivity index (χ1v) is 49.3. The third-order valence-electron chi connectivity index (χ3n) is 15.9. The fourth-order valence-electron chi connectivity index (χ4n) is 9.67. The van der Waals surface area contributed by atoms with Gasteiger partial charge >= 0.3 is 47.8 Å². The van der Waals surface area contributed by atoms with Crippen molar-refractivity contribution >= 4 is 223 Å². The molecular formula is C72H135Br11N8O24. The molecule has 3 aliphatic heterocycles. The molecule has 3 fully saturated rings. The van der Waals surface area contributed by atoms with E-state index in [1.165, 1.54) is 57.8 Å². The van der Waals surface area contributed by atoms with Gasteiger partial charge < -0.3 is 78.7 Å². The second kappa shape index (κ2) is 90.6. The minimum absolute atomic E-state index is 0.00716. The minimum atomic E-state index is -1.05. The maximum atomic E-state index is 11.3. The summed E-state index contributed by atoms with van der Waals surface area (Å²) in [6.45, 7) is 29.3. The number of likely N-dealkylation sites (N-methyl/N-ethyl adjacent to an activating group) is 2. The van der Waals surface area contributed by atoms with Crippen LogP contribution in [0.2, 0.25) is 0 Å². The molecule has 0 bridgehead atoms. The van der Waals surface area contributed by atoms with Gasteiger partial charge in [0.15, 0.2) is 3.74 Å². The maximum absolute atomic E-state index is 11.3. The van der Waals surface area contributed by atoms with Crippen molar-refractivity contribution < 1.29 is 117 Å². The molecule has 0 spiro atoms. The smallest absolute Gasteiger partial charge is 0.344 e. The van der Waals surface area contributed by atoms with Crippen LogP contribution >= 0.6 is 175 Å². The van der Waals surface area contributed by atoms with Gasteiger partial charge in [0.2, 0.25) is 2.14 Å². The number of alkyl halides is 11. The van der Waals surface area contributed by atoms with Crippen LogP contribution in [0.3, 0.4) is 0 Å². The summed E-state index contributed by atoms with van der Waals surface area (Å²) in [6, 6.07) is 0. The maximum Gasteiger partial charge on any atom is 0.344 e. The topological polar surface area (TPSA) is 398 Å². The molecule has 2 unspecified atom stereocenters. The van der Waals surface area contributed by atoms with Crippen LogP contribution in [0.25, 0.3) is 0 Å². The minimum Gasteiger partial charge on any atom is -0.464 e. The van der Waals surface area contributed by atoms with Crippen LogP contribution < -0.4 is 0 Å². The molecule has 115 heavy (non-hydrogen) atoms. The van der Waals surface area contributed by atoms with Crippen molar-refractivity contribution in [3.8, 4) is 0 Å². The van der Waals surface area contributed by atoms with Gasteiger partial charge in [-0.2, -0.15) is 0 Å². The lowest BCUT2D eigenvalue weighted by Crippen LogP contribution is -2.34. The van der Waals surface area contributed by atoms with E-state index in [4.69, 9.17) is 78.7 Å². The Morgan fingerprint density at radius 2 is 0.600 bits per heavy atom. The van der Waals surface area contributed by atoms with Crippen LogP contribution in [0.1, 0.15) is 105 Å². The van der Waals surface area contributed by atoms with E-state index in [0.717, 1.165) is 83.7 Å². The zero-order valence-corrected chi connectivity index (χ0v) is 85.1. The average molecular weight is 2380 g/mol. The van der Waals surface area contributed by atoms with E-state index < -0.39 is 8.11 Å². The predicted molar refractivity (Wildman–Crippen MR) is 486 cm³/mol. The lowest BCUT2D eigenvalue weighted by Gasteiger charge is -2.25. The van der Waals surface area contributed by atoms with Gasteiger partial charge in [-0.15, -0.1) is 0 Å². The lowest BCUT2D eigenvalue weighted by atomic mass is 10.1. The summed E-state index contributed by atoms with van der Waals surface area (Å²) < 4.78 is 38.4. The van der Waals surface area contributed by atoms with E-state index in [1.807, 2.05) is 33.4 Å². The molecule has 0 radical (unpaired) electrons. The van der Waals surface area contributed by atoms with Crippen molar-refractivity contribution in [3.05, 3.63) is 0 Å². The Labute approximate surface area is 776 Å². The highest BCUT2D eigenvalue weighted by Crippen LogP contribution is 2.34. The molecule has 0 saturated carbocycles. The van der Waals surface area contributed by atoms with E-state index >= 15 is 0 Å². The van der Waals surface area contributed by atoms with Crippen LogP contribution in [0.5, 0.6) is 0 Å². The van der Waals surface area contributed by atoms with Crippen LogP contribution in [0.4, 0.5) is 0 Å². The summed E-state index contributed by atoms with van der Waals surface area (Å²) in [5.41, 5.74) is 0. The average Bonchev–Trinajstić information content (AvgIpc) is 0.915. The number of aliphatic hydroxyl groups is 8. The zero-order valence-electron chi connectivity index (χ0n) is 67.7. The van der Waals surface area contributed by atoms with E-state index in [2.05, 4.69) is 190 Å². The molecule has 0 aromatic carbocycles. The van der Waals surface area contributed by atoms with Crippen molar-refractivity contribution in [1.29, 1.82) is 0 Å². The number of ether oxygens (including phenoxy) is 8. The number of halogens is 11. The van der Waals surface area contributed by atoms with Crippen molar-refractivity contribution in [2.45, 2.75) is 120 Å². The number of carbonyl (C=O) groups excluding carboxylic acids is 8. The first-order chi connectivity index (χ1) is 55.0. The Hall–Kier alpha value is 0.400. The molecular weight excluding hydrogens is 2240 g/mol. The molecule has 3 saturated heterocycles. The van der Waals surface area contributed by atoms with Gasteiger partial charge in [-0.1, -0.05) is 161 Å². The van der Waals surface area contributed by atoms with E-state index in [-0.39, 0.29) is 133 Å². The number of rotatable bonds is 52. The van der Waals surface area contributed by atoms with Crippen molar-refractivity contribution in [1.82, 2.24) is 39.2 Å². The number of aliphatic hydroxyl groups excluding tert-OH is 8. The molecule has 684 valence electrons. The standard InChI is InChI=1S/C10H20BrNO3.C10H18BrNO2.C9H15Br2NO2.C9H18BrNO4.C9H18BrNO3.C9H16BrNO2.C8H14Br3NO4.C8H16BrNO4/c1-2-12(6-8-13)7-9-15-10(14)4-3-5-11;1-9(11)10(13)14-8-7-12-5-3-2-4-6-12;10-8(11)9(13)14-7-6-12-4-2-1-3-5-12;1-8(10)9(14)15-7-4-11(2-5-12)3-6-13;1-2-11(5-7-12)6-8-14-9(13)3-4-10;10-8-9(12)13-7-6-11-4-2-1-3-5-11;9-8(10,11)7(15)16-6-3-12(1-4-13)2-5-14;9-7-8(13)14-6-3-10(1-4-11)2-5-12/h13H,2-9H2,1H3;9H,2-8H2,1H3;8H,1-7H2;8,12-13H,2-7H2,1H3;12H,2-8H2,1H3;1-8H2;13-14H,1-6H2;11-12H,1-7H2. The quantitative estimate of drug-likeness (QED) is 0.0184. The van der Waals surface area contributed by atoms with Gasteiger partial charge in [0, 0.05) is 122 Å². The highest BCUT2D eigenvalue weighted by atomic mass is 80.0.